The number of carbonyl (C=O) groups excluding carboxylic acids is 1. The van der Waals surface area contributed by atoms with Crippen LogP contribution >= 0.6 is 23.2 Å². The standard InChI is InChI=1S/C16H22Cl2N2O/c17-13-8-5-9-14(18)16(13)20-15(21)10-11-19-12-6-3-1-2-4-7-12/h5,8-9,12,19H,1-4,6-7,10-11H2,(H,20,21). The first-order valence-corrected chi connectivity index (χ1v) is 8.39. The van der Waals surface area contributed by atoms with Crippen molar-refractivity contribution in [1.29, 1.82) is 0 Å². The average Bonchev–Trinajstić information content (AvgIpc) is 2.72. The lowest BCUT2D eigenvalue weighted by Gasteiger charge is -2.16. The van der Waals surface area contributed by atoms with Gasteiger partial charge in [-0.1, -0.05) is 55.0 Å². The van der Waals surface area contributed by atoms with Crippen molar-refractivity contribution in [2.45, 2.75) is 51.0 Å². The topological polar surface area (TPSA) is 41.1 Å². The fraction of sp³-hybridized carbons (Fsp3) is 0.562. The van der Waals surface area contributed by atoms with Gasteiger partial charge in [-0.25, -0.2) is 0 Å². The van der Waals surface area contributed by atoms with E-state index in [1.165, 1.54) is 38.5 Å². The molecular formula is C16H22Cl2N2O. The van der Waals surface area contributed by atoms with Gasteiger partial charge in [0.25, 0.3) is 0 Å². The number of carbonyl (C=O) groups is 1. The molecule has 0 heterocycles. The molecule has 0 radical (unpaired) electrons. The van der Waals surface area contributed by atoms with Crippen molar-refractivity contribution in [1.82, 2.24) is 5.32 Å². The number of amides is 1. The molecule has 21 heavy (non-hydrogen) atoms. The monoisotopic (exact) mass is 328 g/mol. The Balaban J connectivity index is 1.74. The highest BCUT2D eigenvalue weighted by atomic mass is 35.5. The summed E-state index contributed by atoms with van der Waals surface area (Å²) in [5.74, 6) is -0.0638. The van der Waals surface area contributed by atoms with Crippen LogP contribution in [0.1, 0.15) is 44.9 Å². The van der Waals surface area contributed by atoms with E-state index in [0.29, 0.717) is 34.7 Å². The molecule has 0 spiro atoms. The molecule has 5 heteroatoms. The highest BCUT2D eigenvalue weighted by Crippen LogP contribution is 2.29. The second-order valence-corrected chi connectivity index (χ2v) is 6.35. The summed E-state index contributed by atoms with van der Waals surface area (Å²) in [4.78, 5) is 12.0. The summed E-state index contributed by atoms with van der Waals surface area (Å²) in [7, 11) is 0. The van der Waals surface area contributed by atoms with Gasteiger partial charge in [0.15, 0.2) is 0 Å². The summed E-state index contributed by atoms with van der Waals surface area (Å²) in [6, 6.07) is 5.75. The molecule has 2 N–H and O–H groups in total. The van der Waals surface area contributed by atoms with Gasteiger partial charge in [0.05, 0.1) is 15.7 Å². The minimum Gasteiger partial charge on any atom is -0.324 e. The minimum atomic E-state index is -0.0638. The van der Waals surface area contributed by atoms with E-state index in [2.05, 4.69) is 10.6 Å². The second kappa shape index (κ2) is 8.62. The largest absolute Gasteiger partial charge is 0.324 e. The lowest BCUT2D eigenvalue weighted by molar-refractivity contribution is -0.116. The fourth-order valence-electron chi connectivity index (χ4n) is 2.69. The Morgan fingerprint density at radius 2 is 1.71 bits per heavy atom. The lowest BCUT2D eigenvalue weighted by Crippen LogP contribution is -2.31. The summed E-state index contributed by atoms with van der Waals surface area (Å²) < 4.78 is 0. The predicted octanol–water partition coefficient (Wildman–Crippen LogP) is 4.63. The van der Waals surface area contributed by atoms with Crippen LogP contribution in [0, 0.1) is 0 Å². The molecule has 0 bridgehead atoms. The van der Waals surface area contributed by atoms with E-state index in [-0.39, 0.29) is 5.91 Å². The van der Waals surface area contributed by atoms with Crippen molar-refractivity contribution in [3.05, 3.63) is 28.2 Å². The van der Waals surface area contributed by atoms with Crippen LogP contribution in [0.5, 0.6) is 0 Å². The molecule has 116 valence electrons. The second-order valence-electron chi connectivity index (χ2n) is 5.54. The molecule has 1 fully saturated rings. The van der Waals surface area contributed by atoms with Crippen LogP contribution in [0.4, 0.5) is 5.69 Å². The van der Waals surface area contributed by atoms with Gasteiger partial charge in [-0.05, 0) is 25.0 Å². The van der Waals surface area contributed by atoms with Crippen molar-refractivity contribution >= 4 is 34.8 Å². The maximum atomic E-state index is 12.0. The fourth-order valence-corrected chi connectivity index (χ4v) is 3.18. The average molecular weight is 329 g/mol. The molecule has 0 aliphatic heterocycles. The van der Waals surface area contributed by atoms with Crippen LogP contribution < -0.4 is 10.6 Å². The van der Waals surface area contributed by atoms with Crippen LogP contribution in [0.15, 0.2) is 18.2 Å². The van der Waals surface area contributed by atoms with Crippen LogP contribution in [-0.4, -0.2) is 18.5 Å². The van der Waals surface area contributed by atoms with Gasteiger partial charge in [-0.2, -0.15) is 0 Å². The first kappa shape index (κ1) is 16.6. The Morgan fingerprint density at radius 1 is 1.10 bits per heavy atom. The Kier molecular flexibility index (Phi) is 6.81. The van der Waals surface area contributed by atoms with E-state index in [1.54, 1.807) is 18.2 Å². The molecule has 1 aromatic rings. The number of para-hydroxylation sites is 1. The van der Waals surface area contributed by atoms with Crippen molar-refractivity contribution in [3.63, 3.8) is 0 Å². The maximum Gasteiger partial charge on any atom is 0.225 e. The summed E-state index contributed by atoms with van der Waals surface area (Å²) in [5.41, 5.74) is 0.500. The molecule has 0 aromatic heterocycles. The predicted molar refractivity (Wildman–Crippen MR) is 89.2 cm³/mol. The Bertz CT molecular complexity index is 451. The van der Waals surface area contributed by atoms with Crippen molar-refractivity contribution in [2.24, 2.45) is 0 Å². The number of hydrogen-bond donors (Lipinski definition) is 2. The van der Waals surface area contributed by atoms with Crippen LogP contribution in [0.25, 0.3) is 0 Å². The van der Waals surface area contributed by atoms with Gasteiger partial charge in [0, 0.05) is 19.0 Å². The zero-order chi connectivity index (χ0) is 15.1. The number of benzene rings is 1. The normalized spacial score (nSPS) is 16.5. The number of halogens is 2. The van der Waals surface area contributed by atoms with Crippen molar-refractivity contribution in [3.8, 4) is 0 Å². The van der Waals surface area contributed by atoms with Gasteiger partial charge in [0.2, 0.25) is 5.91 Å². The Morgan fingerprint density at radius 3 is 2.33 bits per heavy atom. The number of anilines is 1. The third kappa shape index (κ3) is 5.50. The molecule has 0 unspecified atom stereocenters. The molecule has 0 atom stereocenters. The molecule has 1 aliphatic carbocycles. The third-order valence-electron chi connectivity index (χ3n) is 3.87. The molecular weight excluding hydrogens is 307 g/mol. The molecule has 0 saturated heterocycles. The quantitative estimate of drug-likeness (QED) is 0.773. The summed E-state index contributed by atoms with van der Waals surface area (Å²) in [6.45, 7) is 0.693. The molecule has 1 aromatic carbocycles. The summed E-state index contributed by atoms with van der Waals surface area (Å²) >= 11 is 12.1. The molecule has 1 saturated carbocycles. The molecule has 3 nitrogen and oxygen atoms in total. The Hall–Kier alpha value is -0.770. The number of rotatable bonds is 5. The Labute approximate surface area is 136 Å². The third-order valence-corrected chi connectivity index (χ3v) is 4.50. The zero-order valence-electron chi connectivity index (χ0n) is 12.1. The molecule has 1 aliphatic rings. The summed E-state index contributed by atoms with van der Waals surface area (Å²) in [5, 5.41) is 7.20. The molecule has 2 rings (SSSR count). The minimum absolute atomic E-state index is 0.0638. The van der Waals surface area contributed by atoms with E-state index in [1.807, 2.05) is 0 Å². The maximum absolute atomic E-state index is 12.0. The van der Waals surface area contributed by atoms with Gasteiger partial charge in [-0.3, -0.25) is 4.79 Å². The number of hydrogen-bond acceptors (Lipinski definition) is 2. The van der Waals surface area contributed by atoms with E-state index in [4.69, 9.17) is 23.2 Å². The summed E-state index contributed by atoms with van der Waals surface area (Å²) in [6.07, 6.45) is 8.12. The highest BCUT2D eigenvalue weighted by Gasteiger charge is 2.13. The van der Waals surface area contributed by atoms with Crippen LogP contribution in [0.3, 0.4) is 0 Å². The van der Waals surface area contributed by atoms with Crippen molar-refractivity contribution < 1.29 is 4.79 Å². The first-order chi connectivity index (χ1) is 10.2. The van der Waals surface area contributed by atoms with Crippen LogP contribution in [-0.2, 0) is 4.79 Å². The van der Waals surface area contributed by atoms with Gasteiger partial charge < -0.3 is 10.6 Å². The van der Waals surface area contributed by atoms with Crippen molar-refractivity contribution in [2.75, 3.05) is 11.9 Å². The van der Waals surface area contributed by atoms with E-state index >= 15 is 0 Å². The van der Waals surface area contributed by atoms with E-state index < -0.39 is 0 Å². The highest BCUT2D eigenvalue weighted by molar-refractivity contribution is 6.39. The van der Waals surface area contributed by atoms with Crippen LogP contribution in [0.2, 0.25) is 10.0 Å². The lowest BCUT2D eigenvalue weighted by atomic mass is 10.1. The van der Waals surface area contributed by atoms with E-state index in [0.717, 1.165) is 0 Å². The van der Waals surface area contributed by atoms with E-state index in [9.17, 15) is 4.79 Å². The zero-order valence-corrected chi connectivity index (χ0v) is 13.6. The SMILES string of the molecule is O=C(CCNC1CCCCCC1)Nc1c(Cl)cccc1Cl. The molecule has 1 amide bonds. The smallest absolute Gasteiger partial charge is 0.225 e. The number of nitrogens with one attached hydrogen (secondary N) is 2. The first-order valence-electron chi connectivity index (χ1n) is 7.64. The van der Waals surface area contributed by atoms with Gasteiger partial charge in [-0.15, -0.1) is 0 Å². The van der Waals surface area contributed by atoms with Gasteiger partial charge >= 0.3 is 0 Å². The van der Waals surface area contributed by atoms with Gasteiger partial charge in [0.1, 0.15) is 0 Å².